The molecule has 2 N–H and O–H groups in total. The van der Waals surface area contributed by atoms with Crippen LogP contribution in [0.15, 0.2) is 42.5 Å². The number of phenolic OH excluding ortho intramolecular Hbond substituents is 1. The second-order valence-corrected chi connectivity index (χ2v) is 5.39. The molecule has 0 bridgehead atoms. The topological polar surface area (TPSA) is 49.7 Å². The largest absolute Gasteiger partial charge is 0.507 e. The number of aromatic hydroxyl groups is 1. The zero-order chi connectivity index (χ0) is 15.9. The third kappa shape index (κ3) is 3.80. The van der Waals surface area contributed by atoms with Crippen molar-refractivity contribution in [3.63, 3.8) is 0 Å². The van der Waals surface area contributed by atoms with Gasteiger partial charge in [0.15, 0.2) is 0 Å². The van der Waals surface area contributed by atoms with E-state index in [2.05, 4.69) is 13.8 Å². The minimum Gasteiger partial charge on any atom is -0.507 e. The number of aliphatic hydroxyl groups excluding tert-OH is 1. The molecular formula is C19H24O3. The van der Waals surface area contributed by atoms with Crippen molar-refractivity contribution in [2.24, 2.45) is 0 Å². The fraction of sp³-hybridized carbons (Fsp3) is 0.368. The molecule has 1 atom stereocenters. The van der Waals surface area contributed by atoms with E-state index in [1.165, 1.54) is 5.56 Å². The summed E-state index contributed by atoms with van der Waals surface area (Å²) in [6, 6.07) is 12.9. The molecule has 0 aliphatic carbocycles. The number of phenols is 1. The molecule has 3 nitrogen and oxygen atoms in total. The number of benzene rings is 2. The molecule has 0 radical (unpaired) electrons. The van der Waals surface area contributed by atoms with E-state index in [0.717, 1.165) is 24.8 Å². The summed E-state index contributed by atoms with van der Waals surface area (Å²) in [5.41, 5.74) is 2.40. The van der Waals surface area contributed by atoms with Crippen LogP contribution in [0.4, 0.5) is 0 Å². The highest BCUT2D eigenvalue weighted by Crippen LogP contribution is 2.36. The number of hydrogen-bond acceptors (Lipinski definition) is 3. The molecule has 0 fully saturated rings. The lowest BCUT2D eigenvalue weighted by atomic mass is 9.98. The van der Waals surface area contributed by atoms with Crippen LogP contribution in [0.2, 0.25) is 0 Å². The summed E-state index contributed by atoms with van der Waals surface area (Å²) in [6.07, 6.45) is 2.04. The summed E-state index contributed by atoms with van der Waals surface area (Å²) in [5.74, 6) is 0.599. The maximum atomic E-state index is 10.6. The SMILES string of the molecule is CCCCOc1cccc(O)c1C(O)c1ccc(CC)cc1. The minimum atomic E-state index is -0.899. The number of aliphatic hydroxyl groups is 1. The average molecular weight is 300 g/mol. The van der Waals surface area contributed by atoms with Crippen LogP contribution in [0.5, 0.6) is 11.5 Å². The van der Waals surface area contributed by atoms with Gasteiger partial charge in [-0.1, -0.05) is 50.6 Å². The van der Waals surface area contributed by atoms with Gasteiger partial charge in [-0.25, -0.2) is 0 Å². The molecule has 2 aromatic carbocycles. The summed E-state index contributed by atoms with van der Waals surface area (Å²) in [5, 5.41) is 20.8. The molecule has 3 heteroatoms. The summed E-state index contributed by atoms with van der Waals surface area (Å²) in [7, 11) is 0. The highest BCUT2D eigenvalue weighted by molar-refractivity contribution is 5.49. The molecule has 0 saturated heterocycles. The lowest BCUT2D eigenvalue weighted by Gasteiger charge is -2.18. The number of hydrogen-bond donors (Lipinski definition) is 2. The van der Waals surface area contributed by atoms with Gasteiger partial charge in [0.2, 0.25) is 0 Å². The first-order chi connectivity index (χ1) is 10.7. The van der Waals surface area contributed by atoms with Gasteiger partial charge >= 0.3 is 0 Å². The van der Waals surface area contributed by atoms with Gasteiger partial charge in [0.05, 0.1) is 12.2 Å². The standard InChI is InChI=1S/C19H24O3/c1-3-5-13-22-17-8-6-7-16(20)18(17)19(21)15-11-9-14(4-2)10-12-15/h6-12,19-21H,3-5,13H2,1-2H3. The van der Waals surface area contributed by atoms with E-state index >= 15 is 0 Å². The van der Waals surface area contributed by atoms with Gasteiger partial charge in [-0.3, -0.25) is 0 Å². The van der Waals surface area contributed by atoms with Gasteiger partial charge < -0.3 is 14.9 Å². The third-order valence-electron chi connectivity index (χ3n) is 3.78. The average Bonchev–Trinajstić information content (AvgIpc) is 2.55. The van der Waals surface area contributed by atoms with E-state index in [1.807, 2.05) is 24.3 Å². The Morgan fingerprint density at radius 1 is 1.05 bits per heavy atom. The molecule has 0 amide bonds. The number of unbranched alkanes of at least 4 members (excludes halogenated alkanes) is 1. The van der Waals surface area contributed by atoms with Gasteiger partial charge in [0, 0.05) is 0 Å². The first-order valence-electron chi connectivity index (χ1n) is 7.89. The van der Waals surface area contributed by atoms with Crippen molar-refractivity contribution in [2.45, 2.75) is 39.2 Å². The maximum absolute atomic E-state index is 10.6. The number of aryl methyl sites for hydroxylation is 1. The van der Waals surface area contributed by atoms with E-state index in [0.29, 0.717) is 17.9 Å². The van der Waals surface area contributed by atoms with E-state index in [-0.39, 0.29) is 5.75 Å². The summed E-state index contributed by atoms with van der Waals surface area (Å²) in [4.78, 5) is 0. The van der Waals surface area contributed by atoms with Crippen molar-refractivity contribution >= 4 is 0 Å². The minimum absolute atomic E-state index is 0.0565. The van der Waals surface area contributed by atoms with Gasteiger partial charge in [0.1, 0.15) is 17.6 Å². The highest BCUT2D eigenvalue weighted by Gasteiger charge is 2.19. The first-order valence-corrected chi connectivity index (χ1v) is 7.89. The van der Waals surface area contributed by atoms with E-state index in [4.69, 9.17) is 4.74 Å². The molecule has 2 rings (SSSR count). The van der Waals surface area contributed by atoms with Gasteiger partial charge in [0.25, 0.3) is 0 Å². The summed E-state index contributed by atoms with van der Waals surface area (Å²) >= 11 is 0. The predicted molar refractivity (Wildman–Crippen MR) is 88.4 cm³/mol. The zero-order valence-corrected chi connectivity index (χ0v) is 13.2. The third-order valence-corrected chi connectivity index (χ3v) is 3.78. The van der Waals surface area contributed by atoms with Crippen LogP contribution in [-0.4, -0.2) is 16.8 Å². The Hall–Kier alpha value is -2.00. The molecule has 0 saturated carbocycles. The van der Waals surface area contributed by atoms with Gasteiger partial charge in [-0.2, -0.15) is 0 Å². The lowest BCUT2D eigenvalue weighted by molar-refractivity contribution is 0.205. The number of rotatable bonds is 7. The van der Waals surface area contributed by atoms with Crippen molar-refractivity contribution in [1.29, 1.82) is 0 Å². The summed E-state index contributed by atoms with van der Waals surface area (Å²) in [6.45, 7) is 4.76. The van der Waals surface area contributed by atoms with Crippen LogP contribution >= 0.6 is 0 Å². The molecule has 0 aromatic heterocycles. The van der Waals surface area contributed by atoms with E-state index in [1.54, 1.807) is 18.2 Å². The smallest absolute Gasteiger partial charge is 0.129 e. The van der Waals surface area contributed by atoms with Crippen LogP contribution in [0.3, 0.4) is 0 Å². The second kappa shape index (κ2) is 7.85. The highest BCUT2D eigenvalue weighted by atomic mass is 16.5. The Labute approximate surface area is 132 Å². The number of ether oxygens (including phenoxy) is 1. The molecule has 0 aliphatic heterocycles. The molecule has 22 heavy (non-hydrogen) atoms. The molecule has 0 spiro atoms. The molecular weight excluding hydrogens is 276 g/mol. The fourth-order valence-corrected chi connectivity index (χ4v) is 2.36. The molecule has 0 heterocycles. The molecule has 1 unspecified atom stereocenters. The Balaban J connectivity index is 2.28. The van der Waals surface area contributed by atoms with Crippen molar-refractivity contribution in [1.82, 2.24) is 0 Å². The lowest BCUT2D eigenvalue weighted by Crippen LogP contribution is -2.05. The Kier molecular flexibility index (Phi) is 5.84. The van der Waals surface area contributed by atoms with E-state index < -0.39 is 6.10 Å². The quantitative estimate of drug-likeness (QED) is 0.753. The Bertz CT molecular complexity index is 590. The first kappa shape index (κ1) is 16.4. The second-order valence-electron chi connectivity index (χ2n) is 5.39. The van der Waals surface area contributed by atoms with Crippen LogP contribution in [0, 0.1) is 0 Å². The predicted octanol–water partition coefficient (Wildman–Crippen LogP) is 4.22. The van der Waals surface area contributed by atoms with Crippen molar-refractivity contribution in [3.05, 3.63) is 59.2 Å². The molecule has 2 aromatic rings. The van der Waals surface area contributed by atoms with Crippen molar-refractivity contribution in [2.75, 3.05) is 6.61 Å². The Morgan fingerprint density at radius 3 is 2.41 bits per heavy atom. The maximum Gasteiger partial charge on any atom is 0.129 e. The normalized spacial score (nSPS) is 12.1. The Morgan fingerprint density at radius 2 is 1.77 bits per heavy atom. The molecule has 118 valence electrons. The van der Waals surface area contributed by atoms with Crippen LogP contribution in [0.25, 0.3) is 0 Å². The van der Waals surface area contributed by atoms with Gasteiger partial charge in [-0.15, -0.1) is 0 Å². The van der Waals surface area contributed by atoms with Crippen LogP contribution in [0.1, 0.15) is 49.5 Å². The zero-order valence-electron chi connectivity index (χ0n) is 13.2. The fourth-order valence-electron chi connectivity index (χ4n) is 2.36. The van der Waals surface area contributed by atoms with Gasteiger partial charge in [-0.05, 0) is 36.1 Å². The summed E-state index contributed by atoms with van der Waals surface area (Å²) < 4.78 is 5.73. The van der Waals surface area contributed by atoms with Crippen LogP contribution in [-0.2, 0) is 6.42 Å². The van der Waals surface area contributed by atoms with Crippen molar-refractivity contribution < 1.29 is 14.9 Å². The molecule has 0 aliphatic rings. The monoisotopic (exact) mass is 300 g/mol. The van der Waals surface area contributed by atoms with E-state index in [9.17, 15) is 10.2 Å². The van der Waals surface area contributed by atoms with Crippen LogP contribution < -0.4 is 4.74 Å². The van der Waals surface area contributed by atoms with Crippen molar-refractivity contribution in [3.8, 4) is 11.5 Å².